The van der Waals surface area contributed by atoms with E-state index in [0.717, 1.165) is 65.0 Å². The van der Waals surface area contributed by atoms with E-state index in [9.17, 15) is 37.5 Å². The summed E-state index contributed by atoms with van der Waals surface area (Å²) in [5.41, 5.74) is 9.31. The fraction of sp³-hybridized carbons (Fsp3) is 0.453. The van der Waals surface area contributed by atoms with E-state index in [-0.39, 0.29) is 65.1 Å². The monoisotopic (exact) mass is 1270 g/mol. The SMILES string of the molecule is Cc1ncsc1-c1ccc(CNC(=O)[C@@H]2C[C@@H](O)CN2C(=O)[C@@H](NC(=O)CCc2cc(CCOCCOCC#Cc3ccc(C4=N[C@@H](CC(=O)NCCS(=O)(=O)O)c5nnc(C)n5-c5sc(C)c(C)c54)cc3)cc(NC(=O)OC(C)(C)C)c2)C(C)(C)C)cc1. The van der Waals surface area contributed by atoms with Crippen molar-refractivity contribution in [3.05, 3.63) is 133 Å². The number of likely N-dealkylation sites (tertiary alicyclic amines) is 1. The van der Waals surface area contributed by atoms with Gasteiger partial charge in [0, 0.05) is 59.7 Å². The number of aliphatic hydroxyl groups excluding tert-OH is 1. The highest BCUT2D eigenvalue weighted by Gasteiger charge is 2.44. The summed E-state index contributed by atoms with van der Waals surface area (Å²) in [6, 6.07) is 18.3. The number of nitrogens with one attached hydrogen (secondary N) is 4. The number of thiazole rings is 1. The lowest BCUT2D eigenvalue weighted by atomic mass is 9.85. The molecule has 89 heavy (non-hydrogen) atoms. The summed E-state index contributed by atoms with van der Waals surface area (Å²) in [6.07, 6.45) is -0.910. The van der Waals surface area contributed by atoms with Crippen LogP contribution in [0, 0.1) is 45.0 Å². The van der Waals surface area contributed by atoms with Crippen LogP contribution in [-0.4, -0.2) is 147 Å². The van der Waals surface area contributed by atoms with Crippen molar-refractivity contribution in [3.8, 4) is 27.3 Å². The average Bonchev–Trinajstić information content (AvgIpc) is 1.61. The van der Waals surface area contributed by atoms with Gasteiger partial charge in [-0.05, 0) is 119 Å². The highest BCUT2D eigenvalue weighted by Crippen LogP contribution is 2.40. The zero-order valence-electron chi connectivity index (χ0n) is 51.8. The first-order valence-electron chi connectivity index (χ1n) is 29.4. The van der Waals surface area contributed by atoms with Gasteiger partial charge in [0.2, 0.25) is 23.6 Å². The molecule has 0 aliphatic carbocycles. The largest absolute Gasteiger partial charge is 0.444 e. The van der Waals surface area contributed by atoms with Crippen molar-refractivity contribution in [2.24, 2.45) is 10.4 Å². The highest BCUT2D eigenvalue weighted by atomic mass is 32.2. The number of rotatable bonds is 23. The third kappa shape index (κ3) is 18.5. The summed E-state index contributed by atoms with van der Waals surface area (Å²) in [5.74, 6) is 4.97. The summed E-state index contributed by atoms with van der Waals surface area (Å²) in [6.45, 7) is 19.6. The topological polar surface area (TPSA) is 295 Å². The summed E-state index contributed by atoms with van der Waals surface area (Å²) in [7, 11) is -4.26. The van der Waals surface area contributed by atoms with Crippen LogP contribution in [-0.2, 0) is 62.9 Å². The van der Waals surface area contributed by atoms with Gasteiger partial charge in [0.15, 0.2) is 5.82 Å². The van der Waals surface area contributed by atoms with Crippen LogP contribution in [0.1, 0.15) is 128 Å². The molecule has 5 heterocycles. The molecule has 0 spiro atoms. The molecule has 3 aromatic heterocycles. The van der Waals surface area contributed by atoms with E-state index < -0.39 is 80.8 Å². The van der Waals surface area contributed by atoms with Gasteiger partial charge in [-0.2, -0.15) is 8.42 Å². The van der Waals surface area contributed by atoms with Gasteiger partial charge in [0.1, 0.15) is 41.2 Å². The number of thiophene rings is 1. The molecular weight excluding hydrogens is 1200 g/mol. The second-order valence-corrected chi connectivity index (χ2v) is 27.8. The molecule has 0 bridgehead atoms. The Kier molecular flexibility index (Phi) is 22.1. The predicted molar refractivity (Wildman–Crippen MR) is 341 cm³/mol. The Labute approximate surface area is 527 Å². The molecule has 6 N–H and O–H groups in total. The number of carbonyl (C=O) groups excluding carboxylic acids is 5. The fourth-order valence-electron chi connectivity index (χ4n) is 10.3. The number of hydrogen-bond donors (Lipinski definition) is 6. The number of hydrogen-bond acceptors (Lipinski definition) is 17. The minimum Gasteiger partial charge on any atom is -0.444 e. The van der Waals surface area contributed by atoms with Gasteiger partial charge in [-0.15, -0.1) is 32.9 Å². The quantitative estimate of drug-likeness (QED) is 0.0204. The molecule has 0 unspecified atom stereocenters. The van der Waals surface area contributed by atoms with Gasteiger partial charge < -0.3 is 40.2 Å². The normalized spacial score (nSPS) is 16.0. The lowest BCUT2D eigenvalue weighted by molar-refractivity contribution is -0.144. The molecule has 1 saturated heterocycles. The van der Waals surface area contributed by atoms with Crippen LogP contribution in [0.2, 0.25) is 0 Å². The van der Waals surface area contributed by atoms with Crippen LogP contribution >= 0.6 is 22.7 Å². The van der Waals surface area contributed by atoms with Crippen LogP contribution < -0.4 is 21.3 Å². The number of fused-ring (bicyclic) bond motifs is 3. The maximum atomic E-state index is 14.4. The van der Waals surface area contributed by atoms with E-state index in [1.165, 1.54) is 4.90 Å². The Morgan fingerprint density at radius 1 is 0.843 bits per heavy atom. The third-order valence-electron chi connectivity index (χ3n) is 14.8. The van der Waals surface area contributed by atoms with E-state index in [0.29, 0.717) is 36.1 Å². The summed E-state index contributed by atoms with van der Waals surface area (Å²) >= 11 is 3.14. The molecule has 1 fully saturated rings. The van der Waals surface area contributed by atoms with Crippen molar-refractivity contribution in [1.29, 1.82) is 0 Å². The molecule has 474 valence electrons. The van der Waals surface area contributed by atoms with Gasteiger partial charge in [-0.1, -0.05) is 75.1 Å². The Bertz CT molecular complexity index is 3760. The highest BCUT2D eigenvalue weighted by molar-refractivity contribution is 7.85. The molecule has 4 atom stereocenters. The maximum Gasteiger partial charge on any atom is 0.412 e. The number of aryl methyl sites for hydroxylation is 4. The minimum absolute atomic E-state index is 0.000164. The number of aliphatic imine (C=N–C) groups is 1. The fourth-order valence-corrected chi connectivity index (χ4v) is 12.7. The first kappa shape index (κ1) is 67.2. The maximum absolute atomic E-state index is 14.4. The van der Waals surface area contributed by atoms with Crippen molar-refractivity contribution in [2.45, 2.75) is 138 Å². The van der Waals surface area contributed by atoms with Crippen molar-refractivity contribution >= 4 is 73.9 Å². The van der Waals surface area contributed by atoms with Gasteiger partial charge >= 0.3 is 6.09 Å². The van der Waals surface area contributed by atoms with E-state index in [4.69, 9.17) is 23.8 Å². The molecule has 5 amide bonds. The standard InChI is InChI=1S/C64H78N10O12S3/c1-38-40(3)88-61-54(38)55(69-50(58-72-71-41(4)74(58)61)34-53(77)65-24-29-89(81,82)83)46-18-13-42(14-19-46)12-11-25-84-27-28-85-26-23-45-30-44(31-48(32-45)68-62(80)86-64(8,9)10)17-22-52(76)70-57(63(5,6)7)60(79)73-36-49(75)33-51(73)59(78)66-35-43-15-20-47(21-16-43)56-39(2)67-37-87-56/h13-16,18-21,30-32,37,49-51,57,75H,17,22-29,33-36H2,1-10H3,(H,65,77)(H,66,78)(H,68,80)(H,70,76)(H,81,82,83)/t49-,50+,51+,57-/m1/s1. The van der Waals surface area contributed by atoms with Crippen molar-refractivity contribution in [2.75, 3.05) is 50.6 Å². The zero-order chi connectivity index (χ0) is 64.4. The Balaban J connectivity index is 0.833. The first-order valence-corrected chi connectivity index (χ1v) is 32.7. The number of aliphatic hydroxyl groups is 1. The number of aromatic nitrogens is 4. The van der Waals surface area contributed by atoms with Crippen molar-refractivity contribution in [3.63, 3.8) is 0 Å². The van der Waals surface area contributed by atoms with Crippen molar-refractivity contribution in [1.82, 2.24) is 40.6 Å². The zero-order valence-corrected chi connectivity index (χ0v) is 54.3. The second kappa shape index (κ2) is 29.3. The Morgan fingerprint density at radius 2 is 1.54 bits per heavy atom. The molecule has 6 aromatic rings. The van der Waals surface area contributed by atoms with Crippen LogP contribution in [0.3, 0.4) is 0 Å². The van der Waals surface area contributed by atoms with E-state index in [1.54, 1.807) is 55.0 Å². The number of benzene rings is 3. The van der Waals surface area contributed by atoms with Gasteiger partial charge in [-0.25, -0.2) is 9.78 Å². The molecule has 25 heteroatoms. The molecule has 2 aliphatic rings. The van der Waals surface area contributed by atoms with E-state index >= 15 is 0 Å². The number of anilines is 1. The molecule has 8 rings (SSSR count). The van der Waals surface area contributed by atoms with E-state index in [1.807, 2.05) is 114 Å². The average molecular weight is 1280 g/mol. The lowest BCUT2D eigenvalue weighted by Gasteiger charge is -2.35. The van der Waals surface area contributed by atoms with E-state index in [2.05, 4.69) is 48.3 Å². The molecule has 22 nitrogen and oxygen atoms in total. The lowest BCUT2D eigenvalue weighted by Crippen LogP contribution is -2.57. The minimum atomic E-state index is -4.26. The predicted octanol–water partition coefficient (Wildman–Crippen LogP) is 7.69. The van der Waals surface area contributed by atoms with Crippen LogP contribution in [0.15, 0.2) is 77.2 Å². The van der Waals surface area contributed by atoms with Crippen LogP contribution in [0.5, 0.6) is 0 Å². The smallest absolute Gasteiger partial charge is 0.412 e. The van der Waals surface area contributed by atoms with Crippen LogP contribution in [0.25, 0.3) is 15.4 Å². The molecule has 2 aliphatic heterocycles. The first-order chi connectivity index (χ1) is 42.1. The number of carbonyl (C=O) groups is 5. The van der Waals surface area contributed by atoms with Crippen LogP contribution in [0.4, 0.5) is 10.5 Å². The van der Waals surface area contributed by atoms with Gasteiger partial charge in [-0.3, -0.25) is 38.6 Å². The molecule has 0 radical (unpaired) electrons. The Hall–Kier alpha value is -7.70. The van der Waals surface area contributed by atoms with Gasteiger partial charge in [0.25, 0.3) is 10.1 Å². The molecule has 3 aromatic carbocycles. The van der Waals surface area contributed by atoms with Crippen molar-refractivity contribution < 1.29 is 56.3 Å². The summed E-state index contributed by atoms with van der Waals surface area (Å²) in [5, 5.41) is 31.6. The number of ether oxygens (including phenoxy) is 3. The molecular formula is C64H78N10O12S3. The summed E-state index contributed by atoms with van der Waals surface area (Å²) in [4.78, 5) is 80.8. The Morgan fingerprint density at radius 3 is 2.21 bits per heavy atom. The number of β-amino-alcohol motifs (C(OH)–C–C–N with tert-alkyl or cyclic N) is 1. The second-order valence-electron chi connectivity index (χ2n) is 24.1. The number of nitrogens with zero attached hydrogens (tertiary/aromatic N) is 6. The molecule has 0 saturated carbocycles. The third-order valence-corrected chi connectivity index (χ3v) is 17.7. The van der Waals surface area contributed by atoms with Gasteiger partial charge in [0.05, 0.1) is 59.9 Å². The summed E-state index contributed by atoms with van der Waals surface area (Å²) < 4.78 is 50.9. The number of amides is 5.